The fraction of sp³-hybridized carbons (Fsp3) is 0. The van der Waals surface area contributed by atoms with Crippen molar-refractivity contribution in [1.29, 1.82) is 0 Å². The van der Waals surface area contributed by atoms with Crippen LogP contribution < -0.4 is 9.54 Å². The molecule has 2 heterocycles. The van der Waals surface area contributed by atoms with Crippen LogP contribution in [0.1, 0.15) is 10.4 Å². The molecule has 0 atom stereocenters. The first kappa shape index (κ1) is 24.2. The number of hydrogen-bond donors (Lipinski definition) is 0. The third kappa shape index (κ3) is 5.19. The Hall–Kier alpha value is -3.50. The van der Waals surface area contributed by atoms with Gasteiger partial charge in [0.2, 0.25) is 4.80 Å². The predicted molar refractivity (Wildman–Crippen MR) is 143 cm³/mol. The number of thiophene rings is 1. The lowest BCUT2D eigenvalue weighted by Gasteiger charge is -2.10. The highest BCUT2D eigenvalue weighted by Crippen LogP contribution is 2.28. The fourth-order valence-electron chi connectivity index (χ4n) is 3.42. The van der Waals surface area contributed by atoms with E-state index in [2.05, 4.69) is 4.40 Å². The summed E-state index contributed by atoms with van der Waals surface area (Å²) in [5.74, 6) is -0.0469. The summed E-state index contributed by atoms with van der Waals surface area (Å²) < 4.78 is 37.7. The van der Waals surface area contributed by atoms with Crippen molar-refractivity contribution in [2.24, 2.45) is 4.40 Å². The molecule has 3 aromatic carbocycles. The first-order chi connectivity index (χ1) is 17.4. The van der Waals surface area contributed by atoms with Crippen LogP contribution in [0.3, 0.4) is 0 Å². The van der Waals surface area contributed by atoms with Gasteiger partial charge < -0.3 is 4.74 Å². The molecule has 0 saturated carbocycles. The molecule has 0 saturated heterocycles. The Kier molecular flexibility index (Phi) is 6.88. The van der Waals surface area contributed by atoms with Crippen LogP contribution in [0, 0.1) is 0 Å². The van der Waals surface area contributed by atoms with Gasteiger partial charge in [-0.05, 0) is 66.2 Å². The molecular weight excluding hydrogens is 536 g/mol. The van der Waals surface area contributed by atoms with Crippen molar-refractivity contribution < 1.29 is 17.9 Å². The van der Waals surface area contributed by atoms with Gasteiger partial charge in [0.05, 0.1) is 15.6 Å². The van der Waals surface area contributed by atoms with Crippen LogP contribution in [-0.4, -0.2) is 19.0 Å². The second-order valence-electron chi connectivity index (χ2n) is 7.48. The normalized spacial score (nSPS) is 12.0. The van der Waals surface area contributed by atoms with Crippen molar-refractivity contribution in [1.82, 2.24) is 4.57 Å². The Balaban J connectivity index is 1.53. The van der Waals surface area contributed by atoms with Crippen LogP contribution in [0.4, 0.5) is 0 Å². The Labute approximate surface area is 220 Å². The summed E-state index contributed by atoms with van der Waals surface area (Å²) in [6.45, 7) is 0. The second-order valence-corrected chi connectivity index (χ2v) is 11.9. The molecule has 0 bridgehead atoms. The number of esters is 1. The van der Waals surface area contributed by atoms with Crippen molar-refractivity contribution in [2.75, 3.05) is 0 Å². The van der Waals surface area contributed by atoms with Crippen molar-refractivity contribution in [3.63, 3.8) is 0 Å². The van der Waals surface area contributed by atoms with E-state index in [0.717, 1.165) is 28.3 Å². The third-order valence-electron chi connectivity index (χ3n) is 5.09. The Morgan fingerprint density at radius 1 is 0.861 bits per heavy atom. The third-order valence-corrected chi connectivity index (χ3v) is 9.00. The second kappa shape index (κ2) is 10.2. The first-order valence-corrected chi connectivity index (χ1v) is 14.1. The summed E-state index contributed by atoms with van der Waals surface area (Å²) in [4.78, 5) is 12.7. The lowest BCUT2D eigenvalue weighted by molar-refractivity contribution is 0.0734. The molecule has 36 heavy (non-hydrogen) atoms. The molecule has 0 amide bonds. The van der Waals surface area contributed by atoms with Gasteiger partial charge in [-0.3, -0.25) is 4.57 Å². The molecular formula is C26H17ClN2O4S3. The van der Waals surface area contributed by atoms with E-state index in [1.54, 1.807) is 41.0 Å². The van der Waals surface area contributed by atoms with Gasteiger partial charge in [0.25, 0.3) is 10.0 Å². The first-order valence-electron chi connectivity index (χ1n) is 10.6. The minimum atomic E-state index is -3.95. The molecule has 0 spiro atoms. The number of ether oxygens (including phenoxy) is 1. The summed E-state index contributed by atoms with van der Waals surface area (Å²) in [5.41, 5.74) is 2.75. The number of para-hydroxylation sites is 1. The maximum absolute atomic E-state index is 12.9. The lowest BCUT2D eigenvalue weighted by Crippen LogP contribution is -2.16. The molecule has 0 N–H and O–H groups in total. The lowest BCUT2D eigenvalue weighted by atomic mass is 10.1. The largest absolute Gasteiger partial charge is 0.423 e. The number of carbonyl (C=O) groups is 1. The van der Waals surface area contributed by atoms with Crippen molar-refractivity contribution >= 4 is 50.3 Å². The van der Waals surface area contributed by atoms with Crippen LogP contribution in [0.25, 0.3) is 16.9 Å². The van der Waals surface area contributed by atoms with E-state index in [1.165, 1.54) is 23.5 Å². The van der Waals surface area contributed by atoms with Gasteiger partial charge in [-0.25, -0.2) is 4.79 Å². The van der Waals surface area contributed by atoms with Crippen LogP contribution >= 0.6 is 34.3 Å². The standard InChI is InChI=1S/C26H17ClN2O4S3/c27-23-15-16-24(35-23)36(31,32)28-26-29(20-9-5-2-6-10-20)22(17-34-26)18-11-13-21(14-12-18)33-25(30)19-7-3-1-4-8-19/h1-17H. The van der Waals surface area contributed by atoms with Crippen LogP contribution in [0.5, 0.6) is 5.75 Å². The highest BCUT2D eigenvalue weighted by molar-refractivity contribution is 7.92. The number of rotatable bonds is 6. The molecule has 0 aliphatic heterocycles. The van der Waals surface area contributed by atoms with Gasteiger partial charge in [0.1, 0.15) is 9.96 Å². The molecule has 0 unspecified atom stereocenters. The zero-order valence-corrected chi connectivity index (χ0v) is 21.7. The number of thiazole rings is 1. The van der Waals surface area contributed by atoms with Crippen LogP contribution in [0.2, 0.25) is 4.34 Å². The Morgan fingerprint density at radius 3 is 2.17 bits per heavy atom. The molecule has 5 rings (SSSR count). The van der Waals surface area contributed by atoms with E-state index in [0.29, 0.717) is 20.5 Å². The zero-order chi connectivity index (χ0) is 25.1. The van der Waals surface area contributed by atoms with Crippen LogP contribution in [0.15, 0.2) is 111 Å². The van der Waals surface area contributed by atoms with Gasteiger partial charge in [-0.2, -0.15) is 8.42 Å². The smallest absolute Gasteiger partial charge is 0.343 e. The summed E-state index contributed by atoms with van der Waals surface area (Å²) >= 11 is 8.11. The summed E-state index contributed by atoms with van der Waals surface area (Å²) in [7, 11) is -3.95. The quantitative estimate of drug-likeness (QED) is 0.180. The fourth-order valence-corrected chi connectivity index (χ4v) is 6.99. The molecule has 2 aromatic heterocycles. The minimum absolute atomic E-state index is 0.0756. The molecule has 10 heteroatoms. The maximum atomic E-state index is 12.9. The van der Waals surface area contributed by atoms with E-state index >= 15 is 0 Å². The number of aromatic nitrogens is 1. The Morgan fingerprint density at radius 2 is 1.53 bits per heavy atom. The Bertz CT molecular complexity index is 1690. The van der Waals surface area contributed by atoms with E-state index < -0.39 is 16.0 Å². The highest BCUT2D eigenvalue weighted by atomic mass is 35.5. The molecule has 0 aliphatic carbocycles. The SMILES string of the molecule is O=C(Oc1ccc(-c2csc(=NS(=O)(=O)c3ccc(Cl)s3)n2-c2ccccc2)cc1)c1ccccc1. The van der Waals surface area contributed by atoms with Gasteiger partial charge in [-0.15, -0.1) is 27.1 Å². The van der Waals surface area contributed by atoms with Crippen molar-refractivity contribution in [2.45, 2.75) is 4.21 Å². The molecule has 0 aliphatic rings. The summed E-state index contributed by atoms with van der Waals surface area (Å²) in [6, 6.07) is 28.1. The van der Waals surface area contributed by atoms with E-state index in [1.807, 2.05) is 53.9 Å². The van der Waals surface area contributed by atoms with Crippen molar-refractivity contribution in [3.8, 4) is 22.7 Å². The van der Waals surface area contributed by atoms with Gasteiger partial charge in [0.15, 0.2) is 0 Å². The van der Waals surface area contributed by atoms with Gasteiger partial charge in [-0.1, -0.05) is 48.0 Å². The maximum Gasteiger partial charge on any atom is 0.343 e. The van der Waals surface area contributed by atoms with E-state index in [4.69, 9.17) is 16.3 Å². The van der Waals surface area contributed by atoms with Gasteiger partial charge in [0, 0.05) is 11.1 Å². The number of benzene rings is 3. The van der Waals surface area contributed by atoms with Crippen molar-refractivity contribution in [3.05, 3.63) is 117 Å². The zero-order valence-electron chi connectivity index (χ0n) is 18.4. The average molecular weight is 553 g/mol. The monoisotopic (exact) mass is 552 g/mol. The minimum Gasteiger partial charge on any atom is -0.423 e. The number of sulfonamides is 1. The molecule has 0 radical (unpaired) electrons. The summed E-state index contributed by atoms with van der Waals surface area (Å²) in [5, 5.41) is 1.84. The molecule has 6 nitrogen and oxygen atoms in total. The van der Waals surface area contributed by atoms with Crippen LogP contribution in [-0.2, 0) is 10.0 Å². The number of carbonyl (C=O) groups excluding carboxylic acids is 1. The summed E-state index contributed by atoms with van der Waals surface area (Å²) in [6.07, 6.45) is 0. The number of hydrogen-bond acceptors (Lipinski definition) is 6. The van der Waals surface area contributed by atoms with E-state index in [-0.39, 0.29) is 4.21 Å². The molecule has 5 aromatic rings. The predicted octanol–water partition coefficient (Wildman–Crippen LogP) is 6.43. The highest BCUT2D eigenvalue weighted by Gasteiger charge is 2.18. The molecule has 0 fully saturated rings. The number of halogens is 1. The molecule has 180 valence electrons. The number of nitrogens with zero attached hydrogens (tertiary/aromatic N) is 2. The van der Waals surface area contributed by atoms with E-state index in [9.17, 15) is 13.2 Å². The average Bonchev–Trinajstić information content (AvgIpc) is 3.52. The van der Waals surface area contributed by atoms with Gasteiger partial charge >= 0.3 is 5.97 Å². The topological polar surface area (TPSA) is 77.7 Å².